The average Bonchev–Trinajstić information content (AvgIpc) is 2.81. The molecule has 2 aromatic rings. The van der Waals surface area contributed by atoms with Gasteiger partial charge in [-0.1, -0.05) is 23.8 Å². The summed E-state index contributed by atoms with van der Waals surface area (Å²) in [6, 6.07) is 15.3. The molecule has 1 aromatic carbocycles. The first-order valence-electron chi connectivity index (χ1n) is 12.2. The topological polar surface area (TPSA) is 55.1 Å². The summed E-state index contributed by atoms with van der Waals surface area (Å²) in [5, 5.41) is 4.58. The van der Waals surface area contributed by atoms with Crippen LogP contribution in [0.5, 0.6) is 0 Å². The van der Waals surface area contributed by atoms with Crippen LogP contribution in [0.15, 0.2) is 77.6 Å². The molecule has 1 fully saturated rings. The highest BCUT2D eigenvalue weighted by molar-refractivity contribution is 5.86. The normalized spacial score (nSPS) is 16.9. The fraction of sp³-hybridized carbons (Fsp3) is 0.276. The average molecular weight is 448 g/mol. The molecule has 34 heavy (non-hydrogen) atoms. The molecule has 5 heteroatoms. The van der Waals surface area contributed by atoms with Gasteiger partial charge in [0.05, 0.1) is 51.4 Å². The largest absolute Gasteiger partial charge is 0.352 e. The van der Waals surface area contributed by atoms with E-state index in [0.29, 0.717) is 6.04 Å². The van der Waals surface area contributed by atoms with Gasteiger partial charge in [0.25, 0.3) is 0 Å². The molecular weight excluding hydrogens is 418 g/mol. The van der Waals surface area contributed by atoms with Crippen LogP contribution >= 0.6 is 0 Å². The second-order valence-corrected chi connectivity index (χ2v) is 9.55. The molecule has 6 rings (SSSR count). The first-order valence-corrected chi connectivity index (χ1v) is 12.2. The van der Waals surface area contributed by atoms with Crippen LogP contribution in [-0.2, 0) is 0 Å². The second kappa shape index (κ2) is 8.56. The predicted molar refractivity (Wildman–Crippen MR) is 139 cm³/mol. The summed E-state index contributed by atoms with van der Waals surface area (Å²) in [6.45, 7) is 4.26. The van der Waals surface area contributed by atoms with Crippen molar-refractivity contribution in [1.29, 1.82) is 0 Å². The molecular formula is C29H29N5. The molecule has 1 saturated carbocycles. The minimum atomic E-state index is 0.398. The Balaban J connectivity index is 1.61. The van der Waals surface area contributed by atoms with Crippen molar-refractivity contribution in [3.05, 3.63) is 83.5 Å². The highest BCUT2D eigenvalue weighted by atomic mass is 15.0. The maximum atomic E-state index is 5.16. The quantitative estimate of drug-likeness (QED) is 0.358. The smallest absolute Gasteiger partial charge is 0.0900 e. The van der Waals surface area contributed by atoms with Crippen molar-refractivity contribution in [3.8, 4) is 11.4 Å². The molecule has 1 aliphatic heterocycles. The third-order valence-electron chi connectivity index (χ3n) is 6.87. The van der Waals surface area contributed by atoms with E-state index in [0.717, 1.165) is 70.4 Å². The van der Waals surface area contributed by atoms with Gasteiger partial charge in [0.1, 0.15) is 0 Å². The van der Waals surface area contributed by atoms with Crippen molar-refractivity contribution in [1.82, 2.24) is 14.5 Å². The number of aryl methyl sites for hydroxylation is 1. The van der Waals surface area contributed by atoms with Gasteiger partial charge in [0, 0.05) is 11.9 Å². The van der Waals surface area contributed by atoms with Crippen LogP contribution in [0.3, 0.4) is 0 Å². The summed E-state index contributed by atoms with van der Waals surface area (Å²) in [6.07, 6.45) is 13.9. The number of allylic oxidation sites excluding steroid dienone is 4. The van der Waals surface area contributed by atoms with Crippen LogP contribution in [0.1, 0.15) is 44.6 Å². The summed E-state index contributed by atoms with van der Waals surface area (Å²) in [5.74, 6) is 0. The van der Waals surface area contributed by atoms with Gasteiger partial charge in [-0.2, -0.15) is 0 Å². The van der Waals surface area contributed by atoms with Gasteiger partial charge in [-0.05, 0) is 87.9 Å². The lowest BCUT2D eigenvalue weighted by Gasteiger charge is -2.25. The zero-order chi connectivity index (χ0) is 23.1. The van der Waals surface area contributed by atoms with Gasteiger partial charge < -0.3 is 9.88 Å². The highest BCUT2D eigenvalue weighted by Crippen LogP contribution is 2.33. The van der Waals surface area contributed by atoms with Gasteiger partial charge in [-0.15, -0.1) is 0 Å². The standard InChI is InChI=1S/C29H29N5/c1-19-10-12-23(13-11-19)34-28-9-4-3-8-24(28)33-27-15-25(32-22-14-20(2)17-30-18-22)26(16-29(27)34)31-21-6-5-7-21/h3-4,8-10,12,14-18,21,32H,5-7,11,13H2,1-2H3. The Morgan fingerprint density at radius 1 is 1.00 bits per heavy atom. The van der Waals surface area contributed by atoms with Gasteiger partial charge in [-0.3, -0.25) is 9.98 Å². The summed E-state index contributed by atoms with van der Waals surface area (Å²) >= 11 is 0. The lowest BCUT2D eigenvalue weighted by molar-refractivity contribution is 0.413. The minimum Gasteiger partial charge on any atom is -0.352 e. The van der Waals surface area contributed by atoms with E-state index in [1.54, 1.807) is 0 Å². The third kappa shape index (κ3) is 3.92. The molecule has 0 amide bonds. The Morgan fingerprint density at radius 3 is 2.65 bits per heavy atom. The van der Waals surface area contributed by atoms with Crippen molar-refractivity contribution in [2.75, 3.05) is 5.32 Å². The van der Waals surface area contributed by atoms with E-state index in [1.807, 2.05) is 12.4 Å². The summed E-state index contributed by atoms with van der Waals surface area (Å²) in [7, 11) is 0. The number of fused-ring (bicyclic) bond motifs is 2. The van der Waals surface area contributed by atoms with E-state index in [-0.39, 0.29) is 0 Å². The number of aromatic nitrogens is 3. The van der Waals surface area contributed by atoms with Crippen LogP contribution in [0, 0.1) is 6.92 Å². The van der Waals surface area contributed by atoms with Gasteiger partial charge in [-0.25, -0.2) is 4.98 Å². The lowest BCUT2D eigenvalue weighted by atomic mass is 9.94. The fourth-order valence-corrected chi connectivity index (χ4v) is 4.77. The molecule has 3 aliphatic carbocycles. The number of benzene rings is 2. The maximum absolute atomic E-state index is 5.16. The number of nitrogens with one attached hydrogen (secondary N) is 1. The monoisotopic (exact) mass is 447 g/mol. The van der Waals surface area contributed by atoms with Crippen LogP contribution in [0.25, 0.3) is 28.1 Å². The van der Waals surface area contributed by atoms with E-state index in [2.05, 4.69) is 83.3 Å². The number of pyridine rings is 1. The Bertz CT molecular complexity index is 1490. The summed E-state index contributed by atoms with van der Waals surface area (Å²) in [5.41, 5.74) is 9.98. The molecule has 1 aromatic heterocycles. The SMILES string of the molecule is CC1=CC=C(n2c3cc(=NC4CCC4)c(Nc4cncc(C)c4)cc-3nc3ccccc32)CC1. The van der Waals surface area contributed by atoms with Crippen molar-refractivity contribution >= 4 is 28.1 Å². The van der Waals surface area contributed by atoms with Gasteiger partial charge in [0.2, 0.25) is 0 Å². The maximum Gasteiger partial charge on any atom is 0.0900 e. The summed E-state index contributed by atoms with van der Waals surface area (Å²) in [4.78, 5) is 14.6. The number of rotatable bonds is 4. The number of anilines is 2. The zero-order valence-corrected chi connectivity index (χ0v) is 19.8. The lowest BCUT2D eigenvalue weighted by Crippen LogP contribution is -2.22. The molecule has 0 unspecified atom stereocenters. The van der Waals surface area contributed by atoms with E-state index in [9.17, 15) is 0 Å². The fourth-order valence-electron chi connectivity index (χ4n) is 4.77. The Labute approximate surface area is 200 Å². The molecule has 4 aliphatic rings. The van der Waals surface area contributed by atoms with E-state index in [4.69, 9.17) is 9.98 Å². The van der Waals surface area contributed by atoms with Crippen LogP contribution in [0.2, 0.25) is 0 Å². The molecule has 170 valence electrons. The first-order chi connectivity index (χ1) is 16.6. The summed E-state index contributed by atoms with van der Waals surface area (Å²) < 4.78 is 2.39. The van der Waals surface area contributed by atoms with Crippen LogP contribution < -0.4 is 10.7 Å². The Hall–Kier alpha value is -3.73. The highest BCUT2D eigenvalue weighted by Gasteiger charge is 2.20. The van der Waals surface area contributed by atoms with Gasteiger partial charge >= 0.3 is 0 Å². The molecule has 0 atom stereocenters. The molecule has 1 N–H and O–H groups in total. The van der Waals surface area contributed by atoms with E-state index in [1.165, 1.54) is 17.7 Å². The number of nitrogens with zero attached hydrogens (tertiary/aromatic N) is 4. The number of hydrogen-bond donors (Lipinski definition) is 1. The van der Waals surface area contributed by atoms with Crippen LogP contribution in [0.4, 0.5) is 11.4 Å². The second-order valence-electron chi connectivity index (χ2n) is 9.55. The van der Waals surface area contributed by atoms with Crippen molar-refractivity contribution in [3.63, 3.8) is 0 Å². The predicted octanol–water partition coefficient (Wildman–Crippen LogP) is 6.62. The third-order valence-corrected chi connectivity index (χ3v) is 6.87. The van der Waals surface area contributed by atoms with Gasteiger partial charge in [0.15, 0.2) is 0 Å². The van der Waals surface area contributed by atoms with E-state index >= 15 is 0 Å². The molecule has 0 saturated heterocycles. The molecule has 0 bridgehead atoms. The minimum absolute atomic E-state index is 0.398. The van der Waals surface area contributed by atoms with Crippen molar-refractivity contribution in [2.24, 2.45) is 4.99 Å². The first kappa shape index (κ1) is 20.8. The Kier molecular flexibility index (Phi) is 5.25. The Morgan fingerprint density at radius 2 is 1.88 bits per heavy atom. The van der Waals surface area contributed by atoms with E-state index < -0.39 is 0 Å². The number of hydrogen-bond acceptors (Lipinski definition) is 4. The molecule has 2 heterocycles. The van der Waals surface area contributed by atoms with Crippen molar-refractivity contribution < 1.29 is 0 Å². The molecule has 0 spiro atoms. The molecule has 0 radical (unpaired) electrons. The number of para-hydroxylation sites is 2. The molecule has 5 nitrogen and oxygen atoms in total. The zero-order valence-electron chi connectivity index (χ0n) is 19.8. The van der Waals surface area contributed by atoms with Crippen LogP contribution in [-0.4, -0.2) is 20.6 Å². The van der Waals surface area contributed by atoms with Crippen molar-refractivity contribution in [2.45, 2.75) is 52.0 Å².